The molecule has 2 heterocycles. The molecule has 0 saturated carbocycles. The van der Waals surface area contributed by atoms with Crippen LogP contribution in [0.25, 0.3) is 5.82 Å². The number of anilines is 1. The zero-order valence-corrected chi connectivity index (χ0v) is 10.1. The summed E-state index contributed by atoms with van der Waals surface area (Å²) in [6.45, 7) is 5.77. The Balaban J connectivity index is 2.57. The fourth-order valence-corrected chi connectivity index (χ4v) is 1.58. The highest BCUT2D eigenvalue weighted by Gasteiger charge is 2.15. The Morgan fingerprint density at radius 1 is 1.35 bits per heavy atom. The normalized spacial score (nSPS) is 11.1. The number of rotatable bonds is 2. The number of nitrogens with one attached hydrogen (secondary N) is 1. The van der Waals surface area contributed by atoms with E-state index in [1.165, 1.54) is 4.68 Å². The molecule has 0 spiro atoms. The van der Waals surface area contributed by atoms with Crippen molar-refractivity contribution in [3.8, 4) is 5.82 Å². The Bertz CT molecular complexity index is 579. The molecular weight excluding hydrogens is 218 g/mol. The van der Waals surface area contributed by atoms with E-state index in [-0.39, 0.29) is 17.2 Å². The van der Waals surface area contributed by atoms with Gasteiger partial charge in [0.25, 0.3) is 5.56 Å². The lowest BCUT2D eigenvalue weighted by molar-refractivity contribution is 0.735. The molecule has 6 heteroatoms. The van der Waals surface area contributed by atoms with Crippen LogP contribution in [-0.4, -0.2) is 20.0 Å². The summed E-state index contributed by atoms with van der Waals surface area (Å²) in [4.78, 5) is 11.9. The van der Waals surface area contributed by atoms with E-state index in [1.807, 2.05) is 20.8 Å². The van der Waals surface area contributed by atoms with Gasteiger partial charge in [0, 0.05) is 0 Å². The number of aromatic nitrogens is 4. The number of nitrogens with two attached hydrogens (primary N) is 1. The Labute approximate surface area is 98.5 Å². The van der Waals surface area contributed by atoms with Gasteiger partial charge in [0.15, 0.2) is 5.82 Å². The van der Waals surface area contributed by atoms with Gasteiger partial charge >= 0.3 is 0 Å². The van der Waals surface area contributed by atoms with Gasteiger partial charge in [-0.25, -0.2) is 0 Å². The third-order valence-corrected chi connectivity index (χ3v) is 2.55. The highest BCUT2D eigenvalue weighted by Crippen LogP contribution is 2.16. The number of nitrogen functional groups attached to an aromatic ring is 1. The highest BCUT2D eigenvalue weighted by atomic mass is 16.1. The van der Waals surface area contributed by atoms with Gasteiger partial charge in [0.1, 0.15) is 5.69 Å². The summed E-state index contributed by atoms with van der Waals surface area (Å²) in [5.74, 6) is 0.599. The first kappa shape index (κ1) is 11.4. The van der Waals surface area contributed by atoms with Crippen LogP contribution < -0.4 is 11.3 Å². The van der Waals surface area contributed by atoms with Crippen LogP contribution in [0.3, 0.4) is 0 Å². The van der Waals surface area contributed by atoms with Crippen molar-refractivity contribution < 1.29 is 0 Å². The maximum atomic E-state index is 11.9. The van der Waals surface area contributed by atoms with E-state index in [1.54, 1.807) is 12.1 Å². The van der Waals surface area contributed by atoms with Crippen molar-refractivity contribution in [2.45, 2.75) is 26.7 Å². The zero-order valence-electron chi connectivity index (χ0n) is 10.1. The van der Waals surface area contributed by atoms with Crippen LogP contribution in [0.2, 0.25) is 0 Å². The van der Waals surface area contributed by atoms with Crippen LogP contribution in [0, 0.1) is 6.92 Å². The smallest absolute Gasteiger partial charge is 0.296 e. The summed E-state index contributed by atoms with van der Waals surface area (Å²) in [6, 6.07) is 3.52. The number of aromatic amines is 1. The molecule has 0 aliphatic rings. The average molecular weight is 233 g/mol. The molecule has 6 nitrogen and oxygen atoms in total. The lowest BCUT2D eigenvalue weighted by Crippen LogP contribution is -2.18. The molecule has 3 N–H and O–H groups in total. The molecule has 0 saturated heterocycles. The first-order chi connectivity index (χ1) is 8.00. The summed E-state index contributed by atoms with van der Waals surface area (Å²) in [6.07, 6.45) is 0. The predicted molar refractivity (Wildman–Crippen MR) is 65.2 cm³/mol. The van der Waals surface area contributed by atoms with Crippen molar-refractivity contribution in [3.05, 3.63) is 33.9 Å². The summed E-state index contributed by atoms with van der Waals surface area (Å²) < 4.78 is 1.32. The van der Waals surface area contributed by atoms with Gasteiger partial charge < -0.3 is 5.73 Å². The third-order valence-electron chi connectivity index (χ3n) is 2.55. The number of nitrogens with zero attached hydrogens (tertiary/aromatic N) is 3. The topological polar surface area (TPSA) is 89.6 Å². The van der Waals surface area contributed by atoms with Gasteiger partial charge in [-0.3, -0.25) is 9.89 Å². The SMILES string of the molecule is Cc1ccc(-n2[nH]c(C(C)C)c(N)c2=O)nn1. The maximum absolute atomic E-state index is 11.9. The zero-order chi connectivity index (χ0) is 12.6. The average Bonchev–Trinajstić information content (AvgIpc) is 2.58. The Kier molecular flexibility index (Phi) is 2.71. The molecule has 90 valence electrons. The largest absolute Gasteiger partial charge is 0.393 e. The molecule has 0 aromatic carbocycles. The molecule has 0 amide bonds. The molecule has 0 atom stereocenters. The molecule has 2 aromatic rings. The van der Waals surface area contributed by atoms with Crippen molar-refractivity contribution >= 4 is 5.69 Å². The van der Waals surface area contributed by atoms with Crippen molar-refractivity contribution in [3.63, 3.8) is 0 Å². The Morgan fingerprint density at radius 2 is 2.06 bits per heavy atom. The van der Waals surface area contributed by atoms with E-state index in [9.17, 15) is 4.79 Å². The van der Waals surface area contributed by atoms with E-state index >= 15 is 0 Å². The monoisotopic (exact) mass is 233 g/mol. The molecule has 0 unspecified atom stereocenters. The van der Waals surface area contributed by atoms with Crippen LogP contribution in [-0.2, 0) is 0 Å². The lowest BCUT2D eigenvalue weighted by atomic mass is 10.1. The summed E-state index contributed by atoms with van der Waals surface area (Å²) >= 11 is 0. The number of hydrogen-bond acceptors (Lipinski definition) is 4. The fourth-order valence-electron chi connectivity index (χ4n) is 1.58. The number of H-pyrrole nitrogens is 1. The molecule has 0 aliphatic carbocycles. The van der Waals surface area contributed by atoms with Gasteiger partial charge in [-0.15, -0.1) is 5.10 Å². The van der Waals surface area contributed by atoms with Crippen molar-refractivity contribution in [2.24, 2.45) is 0 Å². The fraction of sp³-hybridized carbons (Fsp3) is 0.364. The van der Waals surface area contributed by atoms with Gasteiger partial charge in [-0.1, -0.05) is 13.8 Å². The second-order valence-corrected chi connectivity index (χ2v) is 4.27. The molecule has 2 aromatic heterocycles. The van der Waals surface area contributed by atoms with Crippen LogP contribution in [0.1, 0.15) is 31.2 Å². The van der Waals surface area contributed by atoms with E-state index in [0.29, 0.717) is 5.82 Å². The quantitative estimate of drug-likeness (QED) is 0.808. The van der Waals surface area contributed by atoms with Crippen LogP contribution in [0.5, 0.6) is 0 Å². The number of aryl methyl sites for hydroxylation is 1. The molecule has 0 fully saturated rings. The van der Waals surface area contributed by atoms with E-state index in [0.717, 1.165) is 11.4 Å². The van der Waals surface area contributed by atoms with Crippen molar-refractivity contribution in [1.29, 1.82) is 0 Å². The second kappa shape index (κ2) is 4.04. The molecule has 0 bridgehead atoms. The van der Waals surface area contributed by atoms with E-state index in [4.69, 9.17) is 5.73 Å². The Hall–Kier alpha value is -2.11. The van der Waals surface area contributed by atoms with Gasteiger partial charge in [-0.2, -0.15) is 9.78 Å². The minimum absolute atomic E-state index is 0.155. The highest BCUT2D eigenvalue weighted by molar-refractivity contribution is 5.44. The van der Waals surface area contributed by atoms with Crippen LogP contribution in [0.15, 0.2) is 16.9 Å². The summed E-state index contributed by atoms with van der Waals surface area (Å²) in [7, 11) is 0. The molecule has 0 aliphatic heterocycles. The first-order valence-electron chi connectivity index (χ1n) is 5.41. The predicted octanol–water partition coefficient (Wildman–Crippen LogP) is 0.970. The maximum Gasteiger partial charge on any atom is 0.296 e. The standard InChI is InChI=1S/C11H15N5O/c1-6(2)10-9(12)11(17)16(15-10)8-5-4-7(3)13-14-8/h4-6,15H,12H2,1-3H3. The van der Waals surface area contributed by atoms with Gasteiger partial charge in [-0.05, 0) is 25.0 Å². The van der Waals surface area contributed by atoms with Gasteiger partial charge in [0.05, 0.1) is 11.4 Å². The molecule has 0 radical (unpaired) electrons. The van der Waals surface area contributed by atoms with Crippen LogP contribution >= 0.6 is 0 Å². The van der Waals surface area contributed by atoms with Crippen molar-refractivity contribution in [2.75, 3.05) is 5.73 Å². The molecule has 17 heavy (non-hydrogen) atoms. The second-order valence-electron chi connectivity index (χ2n) is 4.27. The van der Waals surface area contributed by atoms with Gasteiger partial charge in [0.2, 0.25) is 0 Å². The summed E-state index contributed by atoms with van der Waals surface area (Å²) in [5, 5.41) is 10.8. The van der Waals surface area contributed by atoms with Crippen LogP contribution in [0.4, 0.5) is 5.69 Å². The van der Waals surface area contributed by atoms with Crippen molar-refractivity contribution in [1.82, 2.24) is 20.0 Å². The van der Waals surface area contributed by atoms with E-state index < -0.39 is 0 Å². The van der Waals surface area contributed by atoms with E-state index in [2.05, 4.69) is 15.3 Å². The lowest BCUT2D eigenvalue weighted by Gasteiger charge is -2.02. The first-order valence-corrected chi connectivity index (χ1v) is 5.41. The third kappa shape index (κ3) is 1.93. The number of hydrogen-bond donors (Lipinski definition) is 2. The minimum atomic E-state index is -0.285. The minimum Gasteiger partial charge on any atom is -0.393 e. The molecule has 2 rings (SSSR count). The summed E-state index contributed by atoms with van der Waals surface area (Å²) in [5.41, 5.74) is 7.23. The molecular formula is C11H15N5O. The Morgan fingerprint density at radius 3 is 2.53 bits per heavy atom.